The molecule has 30 heavy (non-hydrogen) atoms. The Hall–Kier alpha value is -3.55. The van der Waals surface area contributed by atoms with Crippen LogP contribution in [0, 0.1) is 0 Å². The number of nitrogens with zero attached hydrogens (tertiary/aromatic N) is 2. The third-order valence-electron chi connectivity index (χ3n) is 4.42. The molecule has 0 fully saturated rings. The lowest BCUT2D eigenvalue weighted by Crippen LogP contribution is -2.36. The SMILES string of the molecule is CN=C(NCc1ccc(C(=O)N(C)C)cc1)NCc1ccc(OC)c(C(=O)OC)c1. The summed E-state index contributed by atoms with van der Waals surface area (Å²) in [5.74, 6) is 0.591. The van der Waals surface area contributed by atoms with Crippen molar-refractivity contribution in [2.24, 2.45) is 4.99 Å². The van der Waals surface area contributed by atoms with Crippen LogP contribution in [0.15, 0.2) is 47.5 Å². The molecule has 0 heterocycles. The fourth-order valence-electron chi connectivity index (χ4n) is 2.75. The van der Waals surface area contributed by atoms with E-state index in [0.29, 0.717) is 35.9 Å². The number of hydrogen-bond donors (Lipinski definition) is 2. The van der Waals surface area contributed by atoms with Crippen molar-refractivity contribution in [2.75, 3.05) is 35.4 Å². The van der Waals surface area contributed by atoms with Crippen molar-refractivity contribution in [2.45, 2.75) is 13.1 Å². The lowest BCUT2D eigenvalue weighted by Gasteiger charge is -2.14. The number of esters is 1. The molecule has 8 nitrogen and oxygen atoms in total. The zero-order valence-electron chi connectivity index (χ0n) is 18.0. The Morgan fingerprint density at radius 2 is 1.57 bits per heavy atom. The van der Waals surface area contributed by atoms with E-state index in [1.54, 1.807) is 50.3 Å². The van der Waals surface area contributed by atoms with Gasteiger partial charge in [-0.2, -0.15) is 0 Å². The predicted octanol–water partition coefficient (Wildman–Crippen LogP) is 2.05. The molecule has 2 rings (SSSR count). The van der Waals surface area contributed by atoms with E-state index in [4.69, 9.17) is 9.47 Å². The van der Waals surface area contributed by atoms with E-state index >= 15 is 0 Å². The molecule has 0 spiro atoms. The van der Waals surface area contributed by atoms with Crippen molar-refractivity contribution in [3.8, 4) is 5.75 Å². The van der Waals surface area contributed by atoms with Crippen LogP contribution in [-0.2, 0) is 17.8 Å². The average Bonchev–Trinajstić information content (AvgIpc) is 2.78. The van der Waals surface area contributed by atoms with Crippen LogP contribution in [0.25, 0.3) is 0 Å². The molecule has 0 radical (unpaired) electrons. The standard InChI is InChI=1S/C22H28N4O4/c1-23-22(24-13-15-6-9-17(10-7-15)20(27)26(2)3)25-14-16-8-11-19(29-4)18(12-16)21(28)30-5/h6-12H,13-14H2,1-5H3,(H2,23,24,25). The highest BCUT2D eigenvalue weighted by atomic mass is 16.5. The second kappa shape index (κ2) is 10.8. The van der Waals surface area contributed by atoms with Gasteiger partial charge in [0.25, 0.3) is 5.91 Å². The maximum atomic E-state index is 12.0. The first-order valence-corrected chi connectivity index (χ1v) is 9.40. The number of aliphatic imine (C=N–C) groups is 1. The maximum Gasteiger partial charge on any atom is 0.341 e. The molecule has 2 aromatic rings. The topological polar surface area (TPSA) is 92.3 Å². The van der Waals surface area contributed by atoms with Crippen LogP contribution in [0.2, 0.25) is 0 Å². The largest absolute Gasteiger partial charge is 0.496 e. The molecule has 0 aromatic heterocycles. The minimum absolute atomic E-state index is 0.0298. The van der Waals surface area contributed by atoms with Crippen LogP contribution in [0.4, 0.5) is 0 Å². The Labute approximate surface area is 176 Å². The summed E-state index contributed by atoms with van der Waals surface area (Å²) in [6.07, 6.45) is 0. The number of benzene rings is 2. The number of rotatable bonds is 7. The van der Waals surface area contributed by atoms with Crippen molar-refractivity contribution < 1.29 is 19.1 Å². The summed E-state index contributed by atoms with van der Waals surface area (Å²) in [6.45, 7) is 1.01. The number of methoxy groups -OCH3 is 2. The summed E-state index contributed by atoms with van der Waals surface area (Å²) in [4.78, 5) is 29.6. The van der Waals surface area contributed by atoms with Gasteiger partial charge in [-0.15, -0.1) is 0 Å². The van der Waals surface area contributed by atoms with E-state index in [2.05, 4.69) is 15.6 Å². The van der Waals surface area contributed by atoms with Gasteiger partial charge in [0.2, 0.25) is 0 Å². The first kappa shape index (κ1) is 22.7. The zero-order chi connectivity index (χ0) is 22.1. The lowest BCUT2D eigenvalue weighted by molar-refractivity contribution is 0.0596. The quantitative estimate of drug-likeness (QED) is 0.411. The summed E-state index contributed by atoms with van der Waals surface area (Å²) in [7, 11) is 7.98. The first-order chi connectivity index (χ1) is 14.4. The number of carbonyl (C=O) groups excluding carboxylic acids is 2. The van der Waals surface area contributed by atoms with Gasteiger partial charge in [-0.3, -0.25) is 9.79 Å². The first-order valence-electron chi connectivity index (χ1n) is 9.40. The number of nitrogens with one attached hydrogen (secondary N) is 2. The fourth-order valence-corrected chi connectivity index (χ4v) is 2.75. The van der Waals surface area contributed by atoms with Crippen molar-refractivity contribution >= 4 is 17.8 Å². The van der Waals surface area contributed by atoms with E-state index in [9.17, 15) is 9.59 Å². The van der Waals surface area contributed by atoms with Crippen LogP contribution >= 0.6 is 0 Å². The van der Waals surface area contributed by atoms with Crippen LogP contribution in [-0.4, -0.2) is 58.1 Å². The maximum absolute atomic E-state index is 12.0. The number of guanidine groups is 1. The molecule has 0 unspecified atom stereocenters. The van der Waals surface area contributed by atoms with Crippen LogP contribution in [0.1, 0.15) is 31.8 Å². The third-order valence-corrected chi connectivity index (χ3v) is 4.42. The second-order valence-corrected chi connectivity index (χ2v) is 6.70. The van der Waals surface area contributed by atoms with Gasteiger partial charge >= 0.3 is 5.97 Å². The number of carbonyl (C=O) groups is 2. The molecule has 0 atom stereocenters. The molecular formula is C22H28N4O4. The Balaban J connectivity index is 1.95. The summed E-state index contributed by atoms with van der Waals surface area (Å²) in [5.41, 5.74) is 2.91. The Kier molecular flexibility index (Phi) is 8.22. The van der Waals surface area contributed by atoms with Gasteiger partial charge in [-0.1, -0.05) is 18.2 Å². The van der Waals surface area contributed by atoms with Gasteiger partial charge in [0.1, 0.15) is 11.3 Å². The highest BCUT2D eigenvalue weighted by Gasteiger charge is 2.13. The fraction of sp³-hybridized carbons (Fsp3) is 0.318. The van der Waals surface area contributed by atoms with Gasteiger partial charge in [0.15, 0.2) is 5.96 Å². The molecule has 0 bridgehead atoms. The van der Waals surface area contributed by atoms with Gasteiger partial charge in [0, 0.05) is 39.8 Å². The van der Waals surface area contributed by atoms with Crippen LogP contribution in [0.5, 0.6) is 5.75 Å². The predicted molar refractivity (Wildman–Crippen MR) is 116 cm³/mol. The van der Waals surface area contributed by atoms with Gasteiger partial charge in [-0.25, -0.2) is 4.79 Å². The Morgan fingerprint density at radius 3 is 2.10 bits per heavy atom. The molecule has 0 aliphatic heterocycles. The van der Waals surface area contributed by atoms with Gasteiger partial charge < -0.3 is 25.0 Å². The van der Waals surface area contributed by atoms with Crippen molar-refractivity contribution in [3.63, 3.8) is 0 Å². The highest BCUT2D eigenvalue weighted by Crippen LogP contribution is 2.20. The molecule has 1 amide bonds. The van der Waals surface area contributed by atoms with E-state index in [-0.39, 0.29) is 5.91 Å². The summed E-state index contributed by atoms with van der Waals surface area (Å²) < 4.78 is 10.0. The molecule has 0 aliphatic carbocycles. The normalized spacial score (nSPS) is 10.9. The van der Waals surface area contributed by atoms with Crippen molar-refractivity contribution in [1.29, 1.82) is 0 Å². The zero-order valence-corrected chi connectivity index (χ0v) is 18.0. The molecule has 160 valence electrons. The Bertz CT molecular complexity index is 908. The molecular weight excluding hydrogens is 384 g/mol. The highest BCUT2D eigenvalue weighted by molar-refractivity contribution is 5.94. The molecule has 2 aromatic carbocycles. The van der Waals surface area contributed by atoms with Crippen LogP contribution < -0.4 is 15.4 Å². The smallest absolute Gasteiger partial charge is 0.341 e. The van der Waals surface area contributed by atoms with Crippen molar-refractivity contribution in [3.05, 3.63) is 64.7 Å². The molecule has 0 saturated carbocycles. The molecule has 0 saturated heterocycles. The van der Waals surface area contributed by atoms with E-state index in [0.717, 1.165) is 11.1 Å². The van der Waals surface area contributed by atoms with Crippen molar-refractivity contribution in [1.82, 2.24) is 15.5 Å². The second-order valence-electron chi connectivity index (χ2n) is 6.70. The number of hydrogen-bond acceptors (Lipinski definition) is 5. The van der Waals surface area contributed by atoms with Gasteiger partial charge in [-0.05, 0) is 35.4 Å². The summed E-state index contributed by atoms with van der Waals surface area (Å²) >= 11 is 0. The Morgan fingerprint density at radius 1 is 0.967 bits per heavy atom. The average molecular weight is 412 g/mol. The molecule has 8 heteroatoms. The number of ether oxygens (including phenoxy) is 2. The monoisotopic (exact) mass is 412 g/mol. The van der Waals surface area contributed by atoms with E-state index in [1.165, 1.54) is 14.2 Å². The summed E-state index contributed by atoms with van der Waals surface area (Å²) in [6, 6.07) is 12.8. The van der Waals surface area contributed by atoms with E-state index in [1.807, 2.05) is 18.2 Å². The molecule has 2 N–H and O–H groups in total. The van der Waals surface area contributed by atoms with Gasteiger partial charge in [0.05, 0.1) is 14.2 Å². The number of amides is 1. The van der Waals surface area contributed by atoms with Crippen LogP contribution in [0.3, 0.4) is 0 Å². The van der Waals surface area contributed by atoms with E-state index < -0.39 is 5.97 Å². The minimum atomic E-state index is -0.451. The lowest BCUT2D eigenvalue weighted by atomic mass is 10.1. The molecule has 0 aliphatic rings. The third kappa shape index (κ3) is 5.97. The summed E-state index contributed by atoms with van der Waals surface area (Å²) in [5, 5.41) is 6.43. The minimum Gasteiger partial charge on any atom is -0.496 e.